The minimum absolute atomic E-state index is 0.00179. The van der Waals surface area contributed by atoms with Gasteiger partial charge in [0.1, 0.15) is 17.2 Å². The number of imide groups is 1. The van der Waals surface area contributed by atoms with Crippen LogP contribution in [0.15, 0.2) is 125 Å². The molecule has 0 bridgehead atoms. The first-order valence-electron chi connectivity index (χ1n) is 24.8. The van der Waals surface area contributed by atoms with E-state index < -0.39 is 71.3 Å². The summed E-state index contributed by atoms with van der Waals surface area (Å²) in [5, 5.41) is 2.64. The van der Waals surface area contributed by atoms with Crippen molar-refractivity contribution in [1.82, 2.24) is 5.06 Å². The van der Waals surface area contributed by atoms with Gasteiger partial charge in [0.25, 0.3) is 42.2 Å². The molecule has 3 aliphatic rings. The Bertz CT molecular complexity index is 3650. The summed E-state index contributed by atoms with van der Waals surface area (Å²) in [6.45, 7) is 6.70. The van der Waals surface area contributed by atoms with Gasteiger partial charge in [-0.1, -0.05) is 49.4 Å². The second-order valence-corrected chi connectivity index (χ2v) is 23.8. The van der Waals surface area contributed by atoms with Crippen molar-refractivity contribution in [1.29, 1.82) is 0 Å². The van der Waals surface area contributed by atoms with E-state index in [9.17, 15) is 53.3 Å². The number of amides is 2. The Morgan fingerprint density at radius 3 is 2.09 bits per heavy atom. The van der Waals surface area contributed by atoms with Crippen molar-refractivity contribution in [3.63, 3.8) is 0 Å². The molecule has 2 atom stereocenters. The van der Waals surface area contributed by atoms with Crippen molar-refractivity contribution in [3.05, 3.63) is 132 Å². The molecule has 1 fully saturated rings. The van der Waals surface area contributed by atoms with Gasteiger partial charge in [-0.3, -0.25) is 23.2 Å². The predicted molar refractivity (Wildman–Crippen MR) is 288 cm³/mol. The number of hydrogen-bond acceptors (Lipinski definition) is 14. The van der Waals surface area contributed by atoms with E-state index in [1.165, 1.54) is 18.2 Å². The second kappa shape index (κ2) is 22.4. The molecule has 22 heteroatoms. The predicted octanol–water partition coefficient (Wildman–Crippen LogP) is 7.89. The lowest BCUT2D eigenvalue weighted by Crippen LogP contribution is -2.33. The lowest BCUT2D eigenvalue weighted by Gasteiger charge is -2.30. The number of hydrogen-bond donors (Lipinski definition) is 3. The Morgan fingerprint density at radius 2 is 1.45 bits per heavy atom. The highest BCUT2D eigenvalue weighted by Crippen LogP contribution is 2.54. The van der Waals surface area contributed by atoms with Crippen LogP contribution in [-0.2, 0) is 69.9 Å². The summed E-state index contributed by atoms with van der Waals surface area (Å²) in [6, 6.07) is 23.2. The van der Waals surface area contributed by atoms with Gasteiger partial charge < -0.3 is 23.9 Å². The molecule has 3 heterocycles. The molecule has 19 nitrogen and oxygen atoms in total. The Kier molecular flexibility index (Phi) is 16.4. The van der Waals surface area contributed by atoms with Crippen LogP contribution in [0.3, 0.4) is 0 Å². The van der Waals surface area contributed by atoms with Crippen LogP contribution in [0.5, 0.6) is 5.75 Å². The van der Waals surface area contributed by atoms with Gasteiger partial charge in [-0.05, 0) is 121 Å². The van der Waals surface area contributed by atoms with Crippen LogP contribution in [0.2, 0.25) is 0 Å². The molecule has 0 spiro atoms. The van der Waals surface area contributed by atoms with Gasteiger partial charge in [0, 0.05) is 93.1 Å². The number of hydroxylamine groups is 2. The fourth-order valence-corrected chi connectivity index (χ4v) is 12.5. The van der Waals surface area contributed by atoms with Crippen LogP contribution in [0, 0.1) is 0 Å². The largest absolute Gasteiger partial charge is 0.482 e. The Morgan fingerprint density at radius 1 is 0.779 bits per heavy atom. The Hall–Kier alpha value is -6.63. The van der Waals surface area contributed by atoms with E-state index >= 15 is 0 Å². The first-order chi connectivity index (χ1) is 36.4. The molecule has 8 rings (SSSR count). The van der Waals surface area contributed by atoms with E-state index in [2.05, 4.69) is 11.5 Å². The quantitative estimate of drug-likeness (QED) is 0.0257. The first kappa shape index (κ1) is 56.6. The number of nitrogens with zero attached hydrogens (tertiary/aromatic N) is 3. The zero-order valence-corrected chi connectivity index (χ0v) is 45.5. The van der Waals surface area contributed by atoms with Crippen LogP contribution in [0.4, 0.5) is 11.4 Å². The Labute approximate surface area is 447 Å². The van der Waals surface area contributed by atoms with Crippen molar-refractivity contribution in [2.24, 2.45) is 0 Å². The van der Waals surface area contributed by atoms with E-state index in [1.807, 2.05) is 55.2 Å². The maximum absolute atomic E-state index is 12.7. The van der Waals surface area contributed by atoms with Gasteiger partial charge in [-0.25, -0.2) is 4.79 Å². The van der Waals surface area contributed by atoms with Crippen LogP contribution in [-0.4, -0.2) is 125 Å². The zero-order valence-electron chi connectivity index (χ0n) is 43.1. The number of ether oxygens (including phenoxy) is 3. The number of methoxy groups -OCH3 is 2. The van der Waals surface area contributed by atoms with Gasteiger partial charge in [-0.15, -0.1) is 5.06 Å². The number of benzene rings is 5. The lowest BCUT2D eigenvalue weighted by molar-refractivity contribution is -0.437. The van der Waals surface area contributed by atoms with Crippen LogP contribution in [0.1, 0.15) is 76.0 Å². The average Bonchev–Trinajstić information content (AvgIpc) is 4.03. The van der Waals surface area contributed by atoms with Crippen LogP contribution in [0.25, 0.3) is 27.1 Å². The van der Waals surface area contributed by atoms with E-state index in [0.717, 1.165) is 28.8 Å². The summed E-state index contributed by atoms with van der Waals surface area (Å²) in [7, 11) is -10.5. The molecule has 2 amide bonds. The second-order valence-electron chi connectivity index (χ2n) is 19.4. The van der Waals surface area contributed by atoms with Gasteiger partial charge in [0.2, 0.25) is 5.69 Å². The highest BCUT2D eigenvalue weighted by Gasteiger charge is 2.49. The van der Waals surface area contributed by atoms with Crippen molar-refractivity contribution in [2.45, 2.75) is 79.9 Å². The summed E-state index contributed by atoms with van der Waals surface area (Å²) >= 11 is 0. The molecule has 0 aliphatic carbocycles. The maximum Gasteiger partial charge on any atom is 0.370 e. The summed E-state index contributed by atoms with van der Waals surface area (Å²) in [5.41, 5.74) is 4.08. The third-order valence-electron chi connectivity index (χ3n) is 14.4. The normalized spacial score (nSPS) is 19.6. The minimum atomic E-state index is -4.67. The molecule has 408 valence electrons. The molecule has 5 aromatic carbocycles. The molecule has 0 saturated carbocycles. The molecule has 0 radical (unpaired) electrons. The SMILES string of the molecule is CCC[N+]1=C(/C=C/C(=C/C=C2/N(CCCS(=O)(=O)O)c3ccc4c(S(=O)(=O)O)cccc4c3C2(C)CCOC)c2ccc(OCC(=O)ON3C(=O)CCC3=O)cc2)C(C)(CCOC)c2c1ccc1ccc(S(=O)(=O)O)cc21. The molecule has 0 aromatic heterocycles. The Balaban J connectivity index is 1.31. The fraction of sp³-hybridized carbons (Fsp3) is 0.345. The summed E-state index contributed by atoms with van der Waals surface area (Å²) in [5.74, 6) is -2.52. The third-order valence-corrected chi connectivity index (χ3v) is 16.9. The van der Waals surface area contributed by atoms with Crippen LogP contribution < -0.4 is 9.64 Å². The smallest absolute Gasteiger partial charge is 0.370 e. The van der Waals surface area contributed by atoms with Crippen LogP contribution >= 0.6 is 0 Å². The molecule has 3 aliphatic heterocycles. The summed E-state index contributed by atoms with van der Waals surface area (Å²) in [4.78, 5) is 43.2. The lowest BCUT2D eigenvalue weighted by atomic mass is 9.74. The number of fused-ring (bicyclic) bond motifs is 6. The monoisotopic (exact) mass is 1110 g/mol. The molecule has 1 saturated heterocycles. The molecule has 2 unspecified atom stereocenters. The minimum Gasteiger partial charge on any atom is -0.482 e. The first-order valence-corrected chi connectivity index (χ1v) is 29.3. The van der Waals surface area contributed by atoms with E-state index in [4.69, 9.17) is 19.0 Å². The van der Waals surface area contributed by atoms with Crippen molar-refractivity contribution in [2.75, 3.05) is 57.8 Å². The van der Waals surface area contributed by atoms with E-state index in [0.29, 0.717) is 69.9 Å². The summed E-state index contributed by atoms with van der Waals surface area (Å²) < 4.78 is 124. The number of carbonyl (C=O) groups is 3. The van der Waals surface area contributed by atoms with Gasteiger partial charge in [0.05, 0.1) is 16.1 Å². The van der Waals surface area contributed by atoms with Crippen molar-refractivity contribution < 1.29 is 76.9 Å². The number of allylic oxidation sites excluding steroid dienone is 6. The van der Waals surface area contributed by atoms with E-state index in [1.54, 1.807) is 68.8 Å². The standard InChI is InChI=1S/C55H59N3O16S3/c1-6-29-56-44-21-14-38-13-19-40(76(65,66)67)34-43(38)53(44)55(3,28-32-72-5)47(56)23-15-37(36-11-17-39(18-12-36)73-35-51(61)74-58-49(59)25-26-50(58)60)16-24-48-54(2,27-31-71-4)52-42-9-7-10-46(77(68,69)70)41(42)20-22-45(52)57(48)30-8-33-75(62,63)64/h7,9-24,34H,6,8,25-33,35H2,1-5H3,(H2-,62,63,64,65,66,67,68,69,70)/p+1. The van der Waals surface area contributed by atoms with Gasteiger partial charge in [0.15, 0.2) is 12.3 Å². The number of anilines is 1. The average molecular weight is 1120 g/mol. The molecule has 5 aromatic rings. The highest BCUT2D eigenvalue weighted by atomic mass is 32.2. The molecule has 77 heavy (non-hydrogen) atoms. The zero-order chi connectivity index (χ0) is 55.7. The molecule has 3 N–H and O–H groups in total. The third kappa shape index (κ3) is 11.7. The number of rotatable bonds is 22. The molecular formula is C55H60N3O16S3+. The van der Waals surface area contributed by atoms with E-state index in [-0.39, 0.29) is 53.3 Å². The van der Waals surface area contributed by atoms with Crippen molar-refractivity contribution >= 4 is 92.3 Å². The number of carbonyl (C=O) groups excluding carboxylic acids is 3. The fourth-order valence-electron chi connectivity index (χ4n) is 10.7. The summed E-state index contributed by atoms with van der Waals surface area (Å²) in [6.07, 6.45) is 9.11. The molecular weight excluding hydrogens is 1050 g/mol. The van der Waals surface area contributed by atoms with Gasteiger partial charge in [-0.2, -0.15) is 29.8 Å². The highest BCUT2D eigenvalue weighted by molar-refractivity contribution is 7.86. The van der Waals surface area contributed by atoms with Gasteiger partial charge >= 0.3 is 5.97 Å². The van der Waals surface area contributed by atoms with Crippen molar-refractivity contribution in [3.8, 4) is 5.75 Å². The maximum atomic E-state index is 12.7. The topological polar surface area (TPSA) is 261 Å².